The van der Waals surface area contributed by atoms with Crippen molar-refractivity contribution in [1.29, 1.82) is 0 Å². The molecular formula is C12H12N4. The maximum absolute atomic E-state index is 5.95. The van der Waals surface area contributed by atoms with Crippen LogP contribution in [0.1, 0.15) is 11.1 Å². The Hall–Kier alpha value is -2.10. The summed E-state index contributed by atoms with van der Waals surface area (Å²) in [6.07, 6.45) is 5.20. The highest BCUT2D eigenvalue weighted by molar-refractivity contribution is 5.58. The number of fused-ring (bicyclic) bond motifs is 1. The number of hydrogen-bond donors (Lipinski definition) is 1. The lowest BCUT2D eigenvalue weighted by Gasteiger charge is -2.16. The molecule has 0 aliphatic carbocycles. The van der Waals surface area contributed by atoms with Crippen LogP contribution in [0.25, 0.3) is 0 Å². The Morgan fingerprint density at radius 2 is 1.94 bits per heavy atom. The third-order valence-corrected chi connectivity index (χ3v) is 2.93. The molecule has 2 N–H and O–H groups in total. The number of rotatable bonds is 1. The highest BCUT2D eigenvalue weighted by Gasteiger charge is 2.20. The van der Waals surface area contributed by atoms with Gasteiger partial charge < -0.3 is 10.6 Å². The lowest BCUT2D eigenvalue weighted by Crippen LogP contribution is -2.14. The molecule has 0 saturated heterocycles. The standard InChI is InChI=1S/C12H12N4/c13-12-3-1-2-9-6-16(7-11(9)12)10-4-14-8-15-5-10/h1-5,8H,6-7,13H2. The molecule has 1 aromatic heterocycles. The summed E-state index contributed by atoms with van der Waals surface area (Å²) < 4.78 is 0. The van der Waals surface area contributed by atoms with Crippen molar-refractivity contribution in [3.63, 3.8) is 0 Å². The molecule has 0 amide bonds. The van der Waals surface area contributed by atoms with Crippen LogP contribution in [-0.4, -0.2) is 9.97 Å². The second-order valence-corrected chi connectivity index (χ2v) is 3.94. The third kappa shape index (κ3) is 1.39. The van der Waals surface area contributed by atoms with Gasteiger partial charge in [0.15, 0.2) is 0 Å². The predicted molar refractivity (Wildman–Crippen MR) is 62.8 cm³/mol. The summed E-state index contributed by atoms with van der Waals surface area (Å²) in [4.78, 5) is 10.3. The van der Waals surface area contributed by atoms with Crippen molar-refractivity contribution < 1.29 is 0 Å². The SMILES string of the molecule is Nc1cccc2c1CN(c1cncnc1)C2. The van der Waals surface area contributed by atoms with Crippen molar-refractivity contribution in [2.24, 2.45) is 0 Å². The van der Waals surface area contributed by atoms with Crippen molar-refractivity contribution in [1.82, 2.24) is 9.97 Å². The van der Waals surface area contributed by atoms with Gasteiger partial charge in [0.05, 0.1) is 18.1 Å². The fourth-order valence-corrected chi connectivity index (χ4v) is 2.08. The maximum atomic E-state index is 5.95. The first-order chi connectivity index (χ1) is 7.84. The van der Waals surface area contributed by atoms with E-state index in [-0.39, 0.29) is 0 Å². The number of nitrogens with two attached hydrogens (primary N) is 1. The molecule has 0 unspecified atom stereocenters. The molecule has 1 aromatic carbocycles. The predicted octanol–water partition coefficient (Wildman–Crippen LogP) is 1.58. The highest BCUT2D eigenvalue weighted by Crippen LogP contribution is 2.30. The third-order valence-electron chi connectivity index (χ3n) is 2.93. The zero-order valence-corrected chi connectivity index (χ0v) is 8.80. The van der Waals surface area contributed by atoms with Gasteiger partial charge in [0.25, 0.3) is 0 Å². The maximum Gasteiger partial charge on any atom is 0.115 e. The van der Waals surface area contributed by atoms with Crippen molar-refractivity contribution in [3.05, 3.63) is 48.0 Å². The molecule has 2 aromatic rings. The van der Waals surface area contributed by atoms with E-state index in [4.69, 9.17) is 5.73 Å². The van der Waals surface area contributed by atoms with Gasteiger partial charge in [-0.25, -0.2) is 9.97 Å². The van der Waals surface area contributed by atoms with Crippen LogP contribution in [-0.2, 0) is 13.1 Å². The van der Waals surface area contributed by atoms with Crippen LogP contribution in [0, 0.1) is 0 Å². The van der Waals surface area contributed by atoms with Gasteiger partial charge in [-0.3, -0.25) is 0 Å². The molecule has 4 nitrogen and oxygen atoms in total. The van der Waals surface area contributed by atoms with Gasteiger partial charge in [0, 0.05) is 18.8 Å². The Labute approximate surface area is 93.8 Å². The summed E-state index contributed by atoms with van der Waals surface area (Å²) in [6.45, 7) is 1.73. The number of anilines is 2. The molecule has 0 bridgehead atoms. The Kier molecular flexibility index (Phi) is 1.99. The lowest BCUT2D eigenvalue weighted by atomic mass is 10.1. The van der Waals surface area contributed by atoms with Gasteiger partial charge in [0.2, 0.25) is 0 Å². The molecule has 0 fully saturated rings. The van der Waals surface area contributed by atoms with Crippen LogP contribution in [0.3, 0.4) is 0 Å². The summed E-state index contributed by atoms with van der Waals surface area (Å²) in [5, 5.41) is 0. The van der Waals surface area contributed by atoms with Crippen molar-refractivity contribution in [2.45, 2.75) is 13.1 Å². The van der Waals surface area contributed by atoms with Gasteiger partial charge in [-0.15, -0.1) is 0 Å². The molecule has 0 radical (unpaired) electrons. The average molecular weight is 212 g/mol. The molecule has 3 rings (SSSR count). The summed E-state index contributed by atoms with van der Waals surface area (Å²) in [5.41, 5.74) is 10.4. The van der Waals surface area contributed by atoms with E-state index >= 15 is 0 Å². The van der Waals surface area contributed by atoms with E-state index in [1.54, 1.807) is 6.33 Å². The minimum Gasteiger partial charge on any atom is -0.398 e. The van der Waals surface area contributed by atoms with Gasteiger partial charge >= 0.3 is 0 Å². The highest BCUT2D eigenvalue weighted by atomic mass is 15.2. The monoisotopic (exact) mass is 212 g/mol. The first-order valence-corrected chi connectivity index (χ1v) is 5.21. The van der Waals surface area contributed by atoms with Crippen molar-refractivity contribution in [2.75, 3.05) is 10.6 Å². The molecule has 1 aliphatic rings. The van der Waals surface area contributed by atoms with Crippen LogP contribution in [0.2, 0.25) is 0 Å². The molecule has 0 saturated carbocycles. The molecule has 0 atom stereocenters. The Morgan fingerprint density at radius 3 is 2.69 bits per heavy atom. The first kappa shape index (κ1) is 9.15. The zero-order valence-electron chi connectivity index (χ0n) is 8.80. The molecule has 4 heteroatoms. The summed E-state index contributed by atoms with van der Waals surface area (Å²) in [5.74, 6) is 0. The van der Waals surface area contributed by atoms with E-state index < -0.39 is 0 Å². The van der Waals surface area contributed by atoms with Crippen LogP contribution in [0.5, 0.6) is 0 Å². The van der Waals surface area contributed by atoms with E-state index in [1.807, 2.05) is 24.5 Å². The number of nitrogen functional groups attached to an aromatic ring is 1. The molecule has 2 heterocycles. The smallest absolute Gasteiger partial charge is 0.115 e. The van der Waals surface area contributed by atoms with E-state index in [2.05, 4.69) is 20.9 Å². The minimum absolute atomic E-state index is 0.843. The molecular weight excluding hydrogens is 200 g/mol. The Bertz CT molecular complexity index is 510. The number of benzene rings is 1. The number of hydrogen-bond acceptors (Lipinski definition) is 4. The van der Waals surface area contributed by atoms with Gasteiger partial charge in [0.1, 0.15) is 6.33 Å². The first-order valence-electron chi connectivity index (χ1n) is 5.21. The van der Waals surface area contributed by atoms with Gasteiger partial charge in [-0.1, -0.05) is 12.1 Å². The van der Waals surface area contributed by atoms with Crippen LogP contribution in [0.15, 0.2) is 36.9 Å². The molecule has 16 heavy (non-hydrogen) atoms. The number of nitrogens with zero attached hydrogens (tertiary/aromatic N) is 3. The quantitative estimate of drug-likeness (QED) is 0.729. The topological polar surface area (TPSA) is 55.0 Å². The van der Waals surface area contributed by atoms with E-state index in [9.17, 15) is 0 Å². The molecule has 80 valence electrons. The van der Waals surface area contributed by atoms with Crippen LogP contribution in [0.4, 0.5) is 11.4 Å². The Morgan fingerprint density at radius 1 is 1.12 bits per heavy atom. The summed E-state index contributed by atoms with van der Waals surface area (Å²) in [7, 11) is 0. The second-order valence-electron chi connectivity index (χ2n) is 3.94. The van der Waals surface area contributed by atoms with E-state index in [1.165, 1.54) is 11.1 Å². The lowest BCUT2D eigenvalue weighted by molar-refractivity contribution is 0.869. The largest absolute Gasteiger partial charge is 0.398 e. The van der Waals surface area contributed by atoms with Crippen LogP contribution < -0.4 is 10.6 Å². The van der Waals surface area contributed by atoms with Gasteiger partial charge in [-0.05, 0) is 17.2 Å². The fourth-order valence-electron chi connectivity index (χ4n) is 2.08. The minimum atomic E-state index is 0.843. The van der Waals surface area contributed by atoms with E-state index in [0.29, 0.717) is 0 Å². The number of aromatic nitrogens is 2. The van der Waals surface area contributed by atoms with Crippen molar-refractivity contribution >= 4 is 11.4 Å². The summed E-state index contributed by atoms with van der Waals surface area (Å²) in [6, 6.07) is 6.07. The fraction of sp³-hybridized carbons (Fsp3) is 0.167. The molecule has 1 aliphatic heterocycles. The summed E-state index contributed by atoms with van der Waals surface area (Å²) >= 11 is 0. The normalized spacial score (nSPS) is 13.9. The van der Waals surface area contributed by atoms with Gasteiger partial charge in [-0.2, -0.15) is 0 Å². The second kappa shape index (κ2) is 3.48. The average Bonchev–Trinajstić information content (AvgIpc) is 2.76. The Balaban J connectivity index is 1.94. The van der Waals surface area contributed by atoms with E-state index in [0.717, 1.165) is 24.5 Å². The molecule has 0 spiro atoms. The van der Waals surface area contributed by atoms with Crippen molar-refractivity contribution in [3.8, 4) is 0 Å². The zero-order chi connectivity index (χ0) is 11.0. The van der Waals surface area contributed by atoms with Crippen LogP contribution >= 0.6 is 0 Å².